The van der Waals surface area contributed by atoms with E-state index >= 15 is 0 Å². The minimum Gasteiger partial charge on any atom is -0.394 e. The summed E-state index contributed by atoms with van der Waals surface area (Å²) in [5, 5.41) is 10.2. The minimum atomic E-state index is -0.268. The molecule has 1 aromatic heterocycles. The van der Waals surface area contributed by atoms with Crippen molar-refractivity contribution < 1.29 is 14.3 Å². The zero-order valence-electron chi connectivity index (χ0n) is 18.0. The fourth-order valence-electron chi connectivity index (χ4n) is 5.36. The summed E-state index contributed by atoms with van der Waals surface area (Å²) in [6, 6.07) is 18.0. The van der Waals surface area contributed by atoms with Crippen molar-refractivity contribution in [3.8, 4) is 11.1 Å². The van der Waals surface area contributed by atoms with Crippen LogP contribution in [0.15, 0.2) is 66.9 Å². The second kappa shape index (κ2) is 8.36. The van der Waals surface area contributed by atoms with E-state index in [4.69, 9.17) is 0 Å². The highest BCUT2D eigenvalue weighted by atomic mass is 19.1. The van der Waals surface area contributed by atoms with Crippen molar-refractivity contribution in [3.63, 3.8) is 0 Å². The lowest BCUT2D eigenvalue weighted by molar-refractivity contribution is -0.132. The lowest BCUT2D eigenvalue weighted by Gasteiger charge is -2.44. The van der Waals surface area contributed by atoms with E-state index < -0.39 is 0 Å². The standard InChI is InChI=1S/C26H26FN3O2/c1-29-23-10-9-17(19-7-2-3-8-22(19)27)14-21(23)26-20(24(29)16-31)11-13-30(26)25(32)15-18-6-4-5-12-28-18/h2-10,12,14,20,24,26,31H,11,13,15-16H2,1H3/t20-,24-,26-/m0/s1. The van der Waals surface area contributed by atoms with E-state index in [1.165, 1.54) is 6.07 Å². The van der Waals surface area contributed by atoms with Crippen LogP contribution in [0.1, 0.15) is 23.7 Å². The number of carbonyl (C=O) groups excluding carboxylic acids is 1. The predicted molar refractivity (Wildman–Crippen MR) is 122 cm³/mol. The summed E-state index contributed by atoms with van der Waals surface area (Å²) in [6.07, 6.45) is 2.76. The lowest BCUT2D eigenvalue weighted by atomic mass is 9.81. The molecule has 3 atom stereocenters. The number of aromatic nitrogens is 1. The first-order valence-electron chi connectivity index (χ1n) is 11.0. The quantitative estimate of drug-likeness (QED) is 0.682. The number of hydrogen-bond acceptors (Lipinski definition) is 4. The molecule has 2 aliphatic rings. The van der Waals surface area contributed by atoms with E-state index in [-0.39, 0.29) is 42.8 Å². The summed E-state index contributed by atoms with van der Waals surface area (Å²) < 4.78 is 14.5. The van der Waals surface area contributed by atoms with Gasteiger partial charge in [0.1, 0.15) is 5.82 Å². The third-order valence-electron chi connectivity index (χ3n) is 6.91. The second-order valence-electron chi connectivity index (χ2n) is 8.60. The fourth-order valence-corrected chi connectivity index (χ4v) is 5.36. The van der Waals surface area contributed by atoms with E-state index in [0.29, 0.717) is 12.1 Å². The van der Waals surface area contributed by atoms with E-state index in [9.17, 15) is 14.3 Å². The molecule has 0 spiro atoms. The maximum atomic E-state index is 14.5. The average Bonchev–Trinajstić information content (AvgIpc) is 3.25. The van der Waals surface area contributed by atoms with Crippen molar-refractivity contribution >= 4 is 11.6 Å². The SMILES string of the molecule is CN1c2ccc(-c3ccccc3F)cc2[C@@H]2[C@@H](CCN2C(=O)Cc2ccccn2)[C@@H]1CO. The Balaban J connectivity index is 1.56. The minimum absolute atomic E-state index is 0.0223. The molecule has 164 valence electrons. The van der Waals surface area contributed by atoms with Crippen LogP contribution in [-0.4, -0.2) is 47.1 Å². The summed E-state index contributed by atoms with van der Waals surface area (Å²) >= 11 is 0. The maximum Gasteiger partial charge on any atom is 0.229 e. The van der Waals surface area contributed by atoms with E-state index in [1.54, 1.807) is 18.3 Å². The number of aliphatic hydroxyl groups excluding tert-OH is 1. The molecule has 0 saturated carbocycles. The molecule has 2 aliphatic heterocycles. The third-order valence-corrected chi connectivity index (χ3v) is 6.91. The molecule has 32 heavy (non-hydrogen) atoms. The maximum absolute atomic E-state index is 14.5. The number of likely N-dealkylation sites (N-methyl/N-ethyl adjacent to an activating group) is 1. The molecule has 0 unspecified atom stereocenters. The fraction of sp³-hybridized carbons (Fsp3) is 0.308. The highest BCUT2D eigenvalue weighted by Crippen LogP contribution is 2.49. The van der Waals surface area contributed by atoms with Crippen LogP contribution in [0.25, 0.3) is 11.1 Å². The highest BCUT2D eigenvalue weighted by Gasteiger charge is 2.47. The highest BCUT2D eigenvalue weighted by molar-refractivity contribution is 5.80. The number of anilines is 1. The van der Waals surface area contributed by atoms with Crippen LogP contribution in [0.5, 0.6) is 0 Å². The Labute approximate surface area is 187 Å². The van der Waals surface area contributed by atoms with Gasteiger partial charge in [0.05, 0.1) is 25.1 Å². The van der Waals surface area contributed by atoms with Crippen LogP contribution < -0.4 is 4.90 Å². The van der Waals surface area contributed by atoms with Crippen molar-refractivity contribution in [1.82, 2.24) is 9.88 Å². The number of fused-ring (bicyclic) bond motifs is 3. The van der Waals surface area contributed by atoms with Gasteiger partial charge in [-0.25, -0.2) is 4.39 Å². The Morgan fingerprint density at radius 1 is 1.16 bits per heavy atom. The lowest BCUT2D eigenvalue weighted by Crippen LogP contribution is -2.48. The molecule has 5 rings (SSSR count). The largest absolute Gasteiger partial charge is 0.394 e. The number of benzene rings is 2. The molecule has 3 heterocycles. The molecule has 1 amide bonds. The van der Waals surface area contributed by atoms with Crippen molar-refractivity contribution in [2.24, 2.45) is 5.92 Å². The smallest absolute Gasteiger partial charge is 0.229 e. The summed E-state index contributed by atoms with van der Waals surface area (Å²) in [6.45, 7) is 0.656. The normalized spacial score (nSPS) is 21.9. The molecule has 6 heteroatoms. The Kier molecular flexibility index (Phi) is 5.39. The van der Waals surface area contributed by atoms with Gasteiger partial charge in [-0.3, -0.25) is 9.78 Å². The van der Waals surface area contributed by atoms with Gasteiger partial charge in [0, 0.05) is 42.7 Å². The number of nitrogens with zero attached hydrogens (tertiary/aromatic N) is 3. The number of rotatable bonds is 4. The van der Waals surface area contributed by atoms with Gasteiger partial charge >= 0.3 is 0 Å². The zero-order valence-corrected chi connectivity index (χ0v) is 18.0. The molecular weight excluding hydrogens is 405 g/mol. The molecule has 1 N–H and O–H groups in total. The van der Waals surface area contributed by atoms with Crippen molar-refractivity contribution in [1.29, 1.82) is 0 Å². The summed E-state index contributed by atoms with van der Waals surface area (Å²) in [7, 11) is 1.98. The Morgan fingerprint density at radius 2 is 1.97 bits per heavy atom. The zero-order chi connectivity index (χ0) is 22.2. The molecular formula is C26H26FN3O2. The number of aliphatic hydroxyl groups is 1. The van der Waals surface area contributed by atoms with Gasteiger partial charge in [-0.05, 0) is 47.9 Å². The number of amides is 1. The predicted octanol–water partition coefficient (Wildman–Crippen LogP) is 3.83. The van der Waals surface area contributed by atoms with E-state index in [2.05, 4.69) is 9.88 Å². The number of halogens is 1. The molecule has 5 nitrogen and oxygen atoms in total. The first-order chi connectivity index (χ1) is 15.6. The topological polar surface area (TPSA) is 56.7 Å². The molecule has 2 aromatic carbocycles. The van der Waals surface area contributed by atoms with Gasteiger partial charge in [-0.1, -0.05) is 30.3 Å². The van der Waals surface area contributed by atoms with Gasteiger partial charge in [0.25, 0.3) is 0 Å². The molecule has 1 saturated heterocycles. The number of likely N-dealkylation sites (tertiary alicyclic amines) is 1. The van der Waals surface area contributed by atoms with Crippen molar-refractivity contribution in [2.45, 2.75) is 24.9 Å². The van der Waals surface area contributed by atoms with Gasteiger partial charge in [-0.2, -0.15) is 0 Å². The molecule has 1 fully saturated rings. The van der Waals surface area contributed by atoms with E-state index in [0.717, 1.165) is 28.9 Å². The van der Waals surface area contributed by atoms with Gasteiger partial charge in [0.15, 0.2) is 0 Å². The van der Waals surface area contributed by atoms with Crippen LogP contribution in [0.4, 0.5) is 10.1 Å². The van der Waals surface area contributed by atoms with Gasteiger partial charge in [-0.15, -0.1) is 0 Å². The van der Waals surface area contributed by atoms with Gasteiger partial charge < -0.3 is 14.9 Å². The van der Waals surface area contributed by atoms with Crippen molar-refractivity contribution in [3.05, 3.63) is 83.9 Å². The summed E-state index contributed by atoms with van der Waals surface area (Å²) in [4.78, 5) is 21.7. The van der Waals surface area contributed by atoms with Crippen molar-refractivity contribution in [2.75, 3.05) is 25.1 Å². The summed E-state index contributed by atoms with van der Waals surface area (Å²) in [5.41, 5.74) is 4.06. The molecule has 0 bridgehead atoms. The number of hydrogen-bond donors (Lipinski definition) is 1. The van der Waals surface area contributed by atoms with Crippen LogP contribution in [0.3, 0.4) is 0 Å². The van der Waals surface area contributed by atoms with Crippen LogP contribution >= 0.6 is 0 Å². The first-order valence-corrected chi connectivity index (χ1v) is 11.0. The van der Waals surface area contributed by atoms with Crippen LogP contribution in [0, 0.1) is 11.7 Å². The molecule has 0 aliphatic carbocycles. The summed E-state index contributed by atoms with van der Waals surface area (Å²) in [5.74, 6) is -0.128. The monoisotopic (exact) mass is 431 g/mol. The Hall–Kier alpha value is -3.25. The molecule has 0 radical (unpaired) electrons. The van der Waals surface area contributed by atoms with Crippen LogP contribution in [-0.2, 0) is 11.2 Å². The molecule has 3 aromatic rings. The Bertz CT molecular complexity index is 1140. The van der Waals surface area contributed by atoms with Gasteiger partial charge in [0.2, 0.25) is 5.91 Å². The van der Waals surface area contributed by atoms with E-state index in [1.807, 2.05) is 54.4 Å². The number of carbonyl (C=O) groups is 1. The average molecular weight is 432 g/mol. The third kappa shape index (κ3) is 3.45. The number of pyridine rings is 1. The Morgan fingerprint density at radius 3 is 2.72 bits per heavy atom. The first kappa shape index (κ1) is 20.6. The van der Waals surface area contributed by atoms with Crippen LogP contribution in [0.2, 0.25) is 0 Å². The second-order valence-corrected chi connectivity index (χ2v) is 8.60.